The van der Waals surface area contributed by atoms with Crippen LogP contribution in [0.2, 0.25) is 0 Å². The third-order valence-corrected chi connectivity index (χ3v) is 5.14. The van der Waals surface area contributed by atoms with Gasteiger partial charge in [-0.25, -0.2) is 0 Å². The van der Waals surface area contributed by atoms with Crippen LogP contribution in [0.1, 0.15) is 20.8 Å². The summed E-state index contributed by atoms with van der Waals surface area (Å²) in [7, 11) is 0. The van der Waals surface area contributed by atoms with E-state index in [9.17, 15) is 4.79 Å². The molecule has 1 N–H and O–H groups in total. The first-order chi connectivity index (χ1) is 12.6. The molecule has 1 amide bonds. The number of thioether (sulfide) groups is 1. The zero-order valence-corrected chi connectivity index (χ0v) is 16.1. The SMILES string of the molecule is CC(C)CNC(=O)[C@H](C)Sc1nnc(-c2ccccc2)c2ccccc12. The Kier molecular flexibility index (Phi) is 5.89. The van der Waals surface area contributed by atoms with Crippen LogP contribution >= 0.6 is 11.8 Å². The lowest BCUT2D eigenvalue weighted by Gasteiger charge is -2.14. The number of nitrogens with one attached hydrogen (secondary N) is 1. The summed E-state index contributed by atoms with van der Waals surface area (Å²) in [4.78, 5) is 12.3. The molecule has 0 aliphatic carbocycles. The minimum absolute atomic E-state index is 0.0294. The number of aromatic nitrogens is 2. The molecule has 3 rings (SSSR count). The van der Waals surface area contributed by atoms with E-state index < -0.39 is 0 Å². The molecule has 2 aromatic carbocycles. The highest BCUT2D eigenvalue weighted by Gasteiger charge is 2.18. The van der Waals surface area contributed by atoms with Crippen LogP contribution in [-0.4, -0.2) is 27.9 Å². The molecular weight excluding hydrogens is 342 g/mol. The van der Waals surface area contributed by atoms with Gasteiger partial charge in [-0.05, 0) is 12.8 Å². The van der Waals surface area contributed by atoms with Crippen LogP contribution in [0, 0.1) is 5.92 Å². The molecule has 0 fully saturated rings. The van der Waals surface area contributed by atoms with Crippen molar-refractivity contribution in [2.45, 2.75) is 31.0 Å². The van der Waals surface area contributed by atoms with Gasteiger partial charge in [0, 0.05) is 22.9 Å². The predicted octanol–water partition coefficient (Wildman–Crippen LogP) is 4.55. The standard InChI is InChI=1S/C21H23N3OS/c1-14(2)13-22-20(25)15(3)26-21-18-12-8-7-11-17(18)19(23-24-21)16-9-5-4-6-10-16/h4-12,14-15H,13H2,1-3H3,(H,22,25)/t15-/m0/s1. The molecule has 5 heteroatoms. The second-order valence-corrected chi connectivity index (χ2v) is 7.99. The average molecular weight is 366 g/mol. The molecule has 0 saturated carbocycles. The number of hydrogen-bond acceptors (Lipinski definition) is 4. The van der Waals surface area contributed by atoms with Crippen molar-refractivity contribution >= 4 is 28.4 Å². The van der Waals surface area contributed by atoms with Gasteiger partial charge in [0.25, 0.3) is 0 Å². The molecule has 1 heterocycles. The van der Waals surface area contributed by atoms with Gasteiger partial charge in [-0.15, -0.1) is 10.2 Å². The lowest BCUT2D eigenvalue weighted by atomic mass is 10.1. The minimum atomic E-state index is -0.228. The molecule has 0 spiro atoms. The predicted molar refractivity (Wildman–Crippen MR) is 108 cm³/mol. The average Bonchev–Trinajstić information content (AvgIpc) is 2.67. The van der Waals surface area contributed by atoms with E-state index in [-0.39, 0.29) is 11.2 Å². The molecular formula is C21H23N3OS. The van der Waals surface area contributed by atoms with E-state index in [1.165, 1.54) is 11.8 Å². The molecule has 0 radical (unpaired) electrons. The summed E-state index contributed by atoms with van der Waals surface area (Å²) < 4.78 is 0. The van der Waals surface area contributed by atoms with Crippen LogP contribution in [-0.2, 0) is 4.79 Å². The first-order valence-electron chi connectivity index (χ1n) is 8.81. The van der Waals surface area contributed by atoms with Crippen molar-refractivity contribution in [3.63, 3.8) is 0 Å². The summed E-state index contributed by atoms with van der Waals surface area (Å²) >= 11 is 1.45. The van der Waals surface area contributed by atoms with E-state index in [2.05, 4.69) is 35.4 Å². The Balaban J connectivity index is 1.90. The lowest BCUT2D eigenvalue weighted by molar-refractivity contribution is -0.120. The number of hydrogen-bond donors (Lipinski definition) is 1. The molecule has 1 aromatic heterocycles. The van der Waals surface area contributed by atoms with Gasteiger partial charge in [-0.3, -0.25) is 4.79 Å². The maximum atomic E-state index is 12.3. The summed E-state index contributed by atoms with van der Waals surface area (Å²) in [5.41, 5.74) is 1.90. The number of nitrogens with zero attached hydrogens (tertiary/aromatic N) is 2. The van der Waals surface area contributed by atoms with Gasteiger partial charge in [-0.2, -0.15) is 0 Å². The third kappa shape index (κ3) is 4.22. The number of fused-ring (bicyclic) bond motifs is 1. The Labute approximate surface area is 158 Å². The summed E-state index contributed by atoms with van der Waals surface area (Å²) in [5, 5.41) is 14.5. The Morgan fingerprint density at radius 1 is 0.962 bits per heavy atom. The van der Waals surface area contributed by atoms with Crippen LogP contribution in [0.4, 0.5) is 0 Å². The lowest BCUT2D eigenvalue weighted by Crippen LogP contribution is -2.33. The fourth-order valence-electron chi connectivity index (χ4n) is 2.64. The Morgan fingerprint density at radius 3 is 2.31 bits per heavy atom. The molecule has 0 aliphatic heterocycles. The highest BCUT2D eigenvalue weighted by atomic mass is 32.2. The largest absolute Gasteiger partial charge is 0.355 e. The van der Waals surface area contributed by atoms with Crippen LogP contribution in [0.3, 0.4) is 0 Å². The first kappa shape index (κ1) is 18.4. The number of carbonyl (C=O) groups excluding carboxylic acids is 1. The Bertz CT molecular complexity index is 896. The summed E-state index contributed by atoms with van der Waals surface area (Å²) in [5.74, 6) is 0.462. The van der Waals surface area contributed by atoms with Crippen molar-refractivity contribution in [2.75, 3.05) is 6.54 Å². The molecule has 1 atom stereocenters. The fraction of sp³-hybridized carbons (Fsp3) is 0.286. The summed E-state index contributed by atoms with van der Waals surface area (Å²) in [6, 6.07) is 18.1. The first-order valence-corrected chi connectivity index (χ1v) is 9.69. The normalized spacial score (nSPS) is 12.3. The van der Waals surface area contributed by atoms with Crippen molar-refractivity contribution in [3.8, 4) is 11.3 Å². The molecule has 0 aliphatic rings. The second-order valence-electron chi connectivity index (χ2n) is 6.66. The van der Waals surface area contributed by atoms with Crippen LogP contribution in [0.15, 0.2) is 59.6 Å². The molecule has 0 bridgehead atoms. The van der Waals surface area contributed by atoms with Crippen molar-refractivity contribution < 1.29 is 4.79 Å². The molecule has 0 unspecified atom stereocenters. The molecule has 0 saturated heterocycles. The smallest absolute Gasteiger partial charge is 0.233 e. The molecule has 26 heavy (non-hydrogen) atoms. The summed E-state index contributed by atoms with van der Waals surface area (Å²) in [6.45, 7) is 6.75. The molecule has 4 nitrogen and oxygen atoms in total. The monoisotopic (exact) mass is 365 g/mol. The van der Waals surface area contributed by atoms with Gasteiger partial charge in [-0.1, -0.05) is 80.2 Å². The number of amides is 1. The van der Waals surface area contributed by atoms with E-state index in [4.69, 9.17) is 0 Å². The highest BCUT2D eigenvalue weighted by molar-refractivity contribution is 8.00. The Morgan fingerprint density at radius 2 is 1.62 bits per heavy atom. The van der Waals surface area contributed by atoms with Gasteiger partial charge in [0.15, 0.2) is 0 Å². The van der Waals surface area contributed by atoms with Gasteiger partial charge in [0.2, 0.25) is 5.91 Å². The van der Waals surface area contributed by atoms with E-state index in [0.717, 1.165) is 27.1 Å². The van der Waals surface area contributed by atoms with Gasteiger partial charge in [0.1, 0.15) is 10.7 Å². The minimum Gasteiger partial charge on any atom is -0.355 e. The topological polar surface area (TPSA) is 54.9 Å². The van der Waals surface area contributed by atoms with Crippen LogP contribution in [0.5, 0.6) is 0 Å². The van der Waals surface area contributed by atoms with Gasteiger partial charge in [0.05, 0.1) is 5.25 Å². The zero-order valence-electron chi connectivity index (χ0n) is 15.3. The van der Waals surface area contributed by atoms with Crippen LogP contribution < -0.4 is 5.32 Å². The maximum absolute atomic E-state index is 12.3. The highest BCUT2D eigenvalue weighted by Crippen LogP contribution is 2.33. The van der Waals surface area contributed by atoms with E-state index >= 15 is 0 Å². The Hall–Kier alpha value is -2.40. The van der Waals surface area contributed by atoms with E-state index in [1.807, 2.05) is 55.5 Å². The van der Waals surface area contributed by atoms with Crippen molar-refractivity contribution in [1.29, 1.82) is 0 Å². The van der Waals surface area contributed by atoms with E-state index in [1.54, 1.807) is 0 Å². The maximum Gasteiger partial charge on any atom is 0.233 e. The van der Waals surface area contributed by atoms with Crippen molar-refractivity contribution in [1.82, 2.24) is 15.5 Å². The summed E-state index contributed by atoms with van der Waals surface area (Å²) in [6.07, 6.45) is 0. The zero-order chi connectivity index (χ0) is 18.5. The quantitative estimate of drug-likeness (QED) is 0.651. The number of carbonyl (C=O) groups is 1. The number of benzene rings is 2. The van der Waals surface area contributed by atoms with Crippen LogP contribution in [0.25, 0.3) is 22.0 Å². The van der Waals surface area contributed by atoms with Crippen molar-refractivity contribution in [3.05, 3.63) is 54.6 Å². The molecule has 134 valence electrons. The fourth-order valence-corrected chi connectivity index (χ4v) is 3.56. The van der Waals surface area contributed by atoms with Gasteiger partial charge < -0.3 is 5.32 Å². The molecule has 3 aromatic rings. The van der Waals surface area contributed by atoms with Gasteiger partial charge >= 0.3 is 0 Å². The third-order valence-electron chi connectivity index (χ3n) is 4.04. The van der Waals surface area contributed by atoms with E-state index in [0.29, 0.717) is 12.5 Å². The number of rotatable bonds is 6. The second kappa shape index (κ2) is 8.32. The van der Waals surface area contributed by atoms with Crippen molar-refractivity contribution in [2.24, 2.45) is 5.92 Å².